The molecular formula is C10H16N4O4. The number of aromatic nitrogens is 2. The maximum atomic E-state index is 11.3. The lowest BCUT2D eigenvalue weighted by molar-refractivity contribution is -0.384. The SMILES string of the molecule is CCOC(=O)Cn1nc(C(C)C)c([N+](=O)[O-])c1N. The van der Waals surface area contributed by atoms with Crippen LogP contribution >= 0.6 is 0 Å². The van der Waals surface area contributed by atoms with Crippen molar-refractivity contribution in [2.24, 2.45) is 0 Å². The third-order valence-electron chi connectivity index (χ3n) is 2.31. The number of carbonyl (C=O) groups is 1. The lowest BCUT2D eigenvalue weighted by Gasteiger charge is -2.02. The van der Waals surface area contributed by atoms with Crippen LogP contribution in [0, 0.1) is 10.1 Å². The molecule has 0 unspecified atom stereocenters. The van der Waals surface area contributed by atoms with Gasteiger partial charge in [-0.2, -0.15) is 5.10 Å². The molecule has 0 aliphatic carbocycles. The third kappa shape index (κ3) is 2.76. The van der Waals surface area contributed by atoms with Crippen LogP contribution in [0.2, 0.25) is 0 Å². The van der Waals surface area contributed by atoms with E-state index in [2.05, 4.69) is 5.10 Å². The number of ether oxygens (including phenoxy) is 1. The van der Waals surface area contributed by atoms with Crippen LogP contribution in [0.4, 0.5) is 11.5 Å². The van der Waals surface area contributed by atoms with Crippen LogP contribution in [0.1, 0.15) is 32.4 Å². The fourth-order valence-corrected chi connectivity index (χ4v) is 1.51. The van der Waals surface area contributed by atoms with Crippen molar-refractivity contribution in [1.82, 2.24) is 9.78 Å². The van der Waals surface area contributed by atoms with Crippen molar-refractivity contribution in [3.05, 3.63) is 15.8 Å². The van der Waals surface area contributed by atoms with E-state index in [0.29, 0.717) is 0 Å². The van der Waals surface area contributed by atoms with Crippen LogP contribution in [-0.4, -0.2) is 27.3 Å². The molecular weight excluding hydrogens is 240 g/mol. The normalized spacial score (nSPS) is 10.7. The molecule has 0 atom stereocenters. The summed E-state index contributed by atoms with van der Waals surface area (Å²) in [5, 5.41) is 14.9. The van der Waals surface area contributed by atoms with Gasteiger partial charge in [0, 0.05) is 5.92 Å². The molecule has 0 saturated heterocycles. The van der Waals surface area contributed by atoms with Crippen molar-refractivity contribution in [3.8, 4) is 0 Å². The summed E-state index contributed by atoms with van der Waals surface area (Å²) in [6, 6.07) is 0. The molecule has 0 bridgehead atoms. The lowest BCUT2D eigenvalue weighted by atomic mass is 10.1. The van der Waals surface area contributed by atoms with E-state index >= 15 is 0 Å². The van der Waals surface area contributed by atoms with Gasteiger partial charge < -0.3 is 10.5 Å². The van der Waals surface area contributed by atoms with Gasteiger partial charge in [0.15, 0.2) is 0 Å². The highest BCUT2D eigenvalue weighted by Gasteiger charge is 2.28. The lowest BCUT2D eigenvalue weighted by Crippen LogP contribution is -2.16. The van der Waals surface area contributed by atoms with Gasteiger partial charge >= 0.3 is 11.7 Å². The monoisotopic (exact) mass is 256 g/mol. The number of nitrogens with zero attached hydrogens (tertiary/aromatic N) is 3. The number of anilines is 1. The third-order valence-corrected chi connectivity index (χ3v) is 2.31. The van der Waals surface area contributed by atoms with Crippen LogP contribution in [0.25, 0.3) is 0 Å². The molecule has 18 heavy (non-hydrogen) atoms. The summed E-state index contributed by atoms with van der Waals surface area (Å²) < 4.78 is 5.85. The van der Waals surface area contributed by atoms with E-state index in [1.165, 1.54) is 0 Å². The van der Waals surface area contributed by atoms with Gasteiger partial charge in [-0.1, -0.05) is 13.8 Å². The highest BCUT2D eigenvalue weighted by molar-refractivity contribution is 5.70. The van der Waals surface area contributed by atoms with Gasteiger partial charge in [-0.25, -0.2) is 4.68 Å². The predicted molar refractivity (Wildman–Crippen MR) is 64.0 cm³/mol. The first-order valence-electron chi connectivity index (χ1n) is 5.54. The summed E-state index contributed by atoms with van der Waals surface area (Å²) in [6.45, 7) is 5.21. The van der Waals surface area contributed by atoms with Crippen molar-refractivity contribution >= 4 is 17.5 Å². The zero-order valence-electron chi connectivity index (χ0n) is 10.5. The number of hydrogen-bond acceptors (Lipinski definition) is 6. The molecule has 0 amide bonds. The van der Waals surface area contributed by atoms with Crippen LogP contribution in [-0.2, 0) is 16.1 Å². The van der Waals surface area contributed by atoms with Gasteiger partial charge in [0.1, 0.15) is 12.2 Å². The first kappa shape index (κ1) is 13.9. The first-order valence-corrected chi connectivity index (χ1v) is 5.54. The van der Waals surface area contributed by atoms with Crippen molar-refractivity contribution in [2.45, 2.75) is 33.2 Å². The van der Waals surface area contributed by atoms with Crippen molar-refractivity contribution in [2.75, 3.05) is 12.3 Å². The highest BCUT2D eigenvalue weighted by Crippen LogP contribution is 2.31. The van der Waals surface area contributed by atoms with E-state index in [1.54, 1.807) is 20.8 Å². The van der Waals surface area contributed by atoms with Crippen LogP contribution in [0.5, 0.6) is 0 Å². The standard InChI is InChI=1S/C10H16N4O4/c1-4-18-7(15)5-13-10(11)9(14(16)17)8(12-13)6(2)3/h6H,4-5,11H2,1-3H3. The average Bonchev–Trinajstić information content (AvgIpc) is 2.56. The Bertz CT molecular complexity index is 467. The van der Waals surface area contributed by atoms with Crippen molar-refractivity contribution in [1.29, 1.82) is 0 Å². The Labute approximate surface area is 104 Å². The fourth-order valence-electron chi connectivity index (χ4n) is 1.51. The van der Waals surface area contributed by atoms with E-state index in [9.17, 15) is 14.9 Å². The Hall–Kier alpha value is -2.12. The molecule has 0 aromatic carbocycles. The molecule has 1 aromatic heterocycles. The number of nitrogen functional groups attached to an aromatic ring is 1. The molecule has 0 aliphatic rings. The molecule has 1 aromatic rings. The summed E-state index contributed by atoms with van der Waals surface area (Å²) in [5.41, 5.74) is 5.66. The maximum Gasteiger partial charge on any atom is 0.334 e. The summed E-state index contributed by atoms with van der Waals surface area (Å²) in [5.74, 6) is -0.815. The Morgan fingerprint density at radius 2 is 2.22 bits per heavy atom. The minimum absolute atomic E-state index is 0.128. The van der Waals surface area contributed by atoms with Crippen molar-refractivity contribution in [3.63, 3.8) is 0 Å². The summed E-state index contributed by atoms with van der Waals surface area (Å²) >= 11 is 0. The number of hydrogen-bond donors (Lipinski definition) is 1. The number of carbonyl (C=O) groups excluding carboxylic acids is 1. The van der Waals surface area contributed by atoms with E-state index in [-0.39, 0.29) is 36.3 Å². The average molecular weight is 256 g/mol. The van der Waals surface area contributed by atoms with E-state index in [0.717, 1.165) is 4.68 Å². The predicted octanol–water partition coefficient (Wildman–Crippen LogP) is 1.06. The van der Waals surface area contributed by atoms with Gasteiger partial charge in [0.2, 0.25) is 5.82 Å². The first-order chi connectivity index (χ1) is 8.38. The van der Waals surface area contributed by atoms with Gasteiger partial charge in [0.25, 0.3) is 0 Å². The highest BCUT2D eigenvalue weighted by atomic mass is 16.6. The van der Waals surface area contributed by atoms with Crippen LogP contribution < -0.4 is 5.73 Å². The maximum absolute atomic E-state index is 11.3. The van der Waals surface area contributed by atoms with Gasteiger partial charge in [-0.05, 0) is 6.92 Å². The van der Waals surface area contributed by atoms with Gasteiger partial charge in [0.05, 0.1) is 11.5 Å². The van der Waals surface area contributed by atoms with Gasteiger partial charge in [-0.15, -0.1) is 0 Å². The molecule has 0 fully saturated rings. The van der Waals surface area contributed by atoms with E-state index in [1.807, 2.05) is 0 Å². The van der Waals surface area contributed by atoms with Crippen LogP contribution in [0.15, 0.2) is 0 Å². The number of rotatable bonds is 5. The molecule has 0 radical (unpaired) electrons. The molecule has 1 rings (SSSR count). The Morgan fingerprint density at radius 3 is 2.61 bits per heavy atom. The second-order valence-electron chi connectivity index (χ2n) is 3.99. The zero-order valence-corrected chi connectivity index (χ0v) is 10.5. The molecule has 8 nitrogen and oxygen atoms in total. The minimum Gasteiger partial charge on any atom is -0.465 e. The number of esters is 1. The van der Waals surface area contributed by atoms with E-state index < -0.39 is 10.9 Å². The molecule has 0 aliphatic heterocycles. The van der Waals surface area contributed by atoms with Crippen molar-refractivity contribution < 1.29 is 14.5 Å². The Kier molecular flexibility index (Phi) is 4.24. The zero-order chi connectivity index (χ0) is 13.9. The van der Waals surface area contributed by atoms with Gasteiger partial charge in [-0.3, -0.25) is 14.9 Å². The molecule has 2 N–H and O–H groups in total. The Balaban J connectivity index is 3.11. The molecule has 1 heterocycles. The smallest absolute Gasteiger partial charge is 0.334 e. The van der Waals surface area contributed by atoms with Crippen LogP contribution in [0.3, 0.4) is 0 Å². The summed E-state index contributed by atoms with van der Waals surface area (Å²) in [6.07, 6.45) is 0. The number of nitro groups is 1. The molecule has 0 saturated carbocycles. The molecule has 0 spiro atoms. The van der Waals surface area contributed by atoms with E-state index in [4.69, 9.17) is 10.5 Å². The Morgan fingerprint density at radius 1 is 1.61 bits per heavy atom. The number of nitrogens with two attached hydrogens (primary N) is 1. The fraction of sp³-hybridized carbons (Fsp3) is 0.600. The minimum atomic E-state index is -0.584. The second kappa shape index (κ2) is 5.48. The quantitative estimate of drug-likeness (QED) is 0.478. The summed E-state index contributed by atoms with van der Waals surface area (Å²) in [4.78, 5) is 21.7. The molecule has 100 valence electrons. The largest absolute Gasteiger partial charge is 0.465 e. The molecule has 8 heteroatoms. The topological polar surface area (TPSA) is 113 Å². The second-order valence-corrected chi connectivity index (χ2v) is 3.99. The summed E-state index contributed by atoms with van der Waals surface area (Å²) in [7, 11) is 0.